The Kier molecular flexibility index (Phi) is 5.60. The summed E-state index contributed by atoms with van der Waals surface area (Å²) in [5.41, 5.74) is 2.06. The number of aromatic hydroxyl groups is 1. The van der Waals surface area contributed by atoms with Gasteiger partial charge in [-0.15, -0.1) is 0 Å². The molecule has 116 valence electrons. The predicted molar refractivity (Wildman–Crippen MR) is 93.3 cm³/mol. The minimum absolute atomic E-state index is 0.120. The first-order chi connectivity index (χ1) is 10.5. The summed E-state index contributed by atoms with van der Waals surface area (Å²) < 4.78 is 0. The topological polar surface area (TPSA) is 64.5 Å². The molecule has 2 rings (SSSR count). The Bertz CT molecular complexity index is 663. The van der Waals surface area contributed by atoms with Crippen LogP contribution in [0, 0.1) is 0 Å². The van der Waals surface area contributed by atoms with Gasteiger partial charge < -0.3 is 20.8 Å². The Hall–Kier alpha value is -1.82. The molecule has 0 amide bonds. The molecular formula is C16H17ClN2O2S. The van der Waals surface area contributed by atoms with E-state index in [1.165, 1.54) is 0 Å². The van der Waals surface area contributed by atoms with Gasteiger partial charge in [0.05, 0.1) is 11.1 Å². The lowest BCUT2D eigenvalue weighted by atomic mass is 10.1. The molecule has 0 aliphatic rings. The van der Waals surface area contributed by atoms with Crippen LogP contribution < -0.4 is 10.6 Å². The standard InChI is InChI=1S/C16H17ClN2O2S/c1-10(20)13-7-12(8-14(17)15(13)21)19-16(22)18-9-11-5-3-2-4-6-11/h2-8,10,20-21H,9H2,1H3,(H2,18,19,22). The molecule has 0 spiro atoms. The number of hydrogen-bond acceptors (Lipinski definition) is 3. The molecular weight excluding hydrogens is 320 g/mol. The highest BCUT2D eigenvalue weighted by Crippen LogP contribution is 2.34. The molecule has 0 aliphatic carbocycles. The fourth-order valence-electron chi connectivity index (χ4n) is 1.96. The molecule has 0 radical (unpaired) electrons. The Morgan fingerprint density at radius 3 is 2.59 bits per heavy atom. The lowest BCUT2D eigenvalue weighted by Crippen LogP contribution is -2.27. The molecule has 2 aromatic carbocycles. The minimum Gasteiger partial charge on any atom is -0.506 e. The molecule has 0 fully saturated rings. The highest BCUT2D eigenvalue weighted by Gasteiger charge is 2.13. The molecule has 22 heavy (non-hydrogen) atoms. The van der Waals surface area contributed by atoms with Crippen molar-refractivity contribution in [2.45, 2.75) is 19.6 Å². The molecule has 4 nitrogen and oxygen atoms in total. The van der Waals surface area contributed by atoms with Crippen LogP contribution in [0.25, 0.3) is 0 Å². The summed E-state index contributed by atoms with van der Waals surface area (Å²) in [5, 5.41) is 26.1. The summed E-state index contributed by atoms with van der Waals surface area (Å²) in [6, 6.07) is 13.0. The monoisotopic (exact) mass is 336 g/mol. The first kappa shape index (κ1) is 16.5. The van der Waals surface area contributed by atoms with Gasteiger partial charge in [0, 0.05) is 17.8 Å². The second kappa shape index (κ2) is 7.45. The number of aliphatic hydroxyl groups excluding tert-OH is 1. The molecule has 1 unspecified atom stereocenters. The van der Waals surface area contributed by atoms with Crippen LogP contribution in [0.15, 0.2) is 42.5 Å². The van der Waals surface area contributed by atoms with Crippen LogP contribution in [0.3, 0.4) is 0 Å². The van der Waals surface area contributed by atoms with Crippen molar-refractivity contribution in [1.82, 2.24) is 5.32 Å². The van der Waals surface area contributed by atoms with Crippen molar-refractivity contribution in [3.63, 3.8) is 0 Å². The van der Waals surface area contributed by atoms with Gasteiger partial charge in [-0.1, -0.05) is 41.9 Å². The quantitative estimate of drug-likeness (QED) is 0.507. The van der Waals surface area contributed by atoms with E-state index in [2.05, 4.69) is 10.6 Å². The first-order valence-electron chi connectivity index (χ1n) is 6.76. The SMILES string of the molecule is CC(O)c1cc(NC(=S)NCc2ccccc2)cc(Cl)c1O. The zero-order valence-corrected chi connectivity index (χ0v) is 13.6. The Morgan fingerprint density at radius 1 is 1.27 bits per heavy atom. The van der Waals surface area contributed by atoms with Crippen LogP contribution in [0.1, 0.15) is 24.2 Å². The number of thiocarbonyl (C=S) groups is 1. The molecule has 0 heterocycles. The van der Waals surface area contributed by atoms with Gasteiger partial charge in [-0.2, -0.15) is 0 Å². The van der Waals surface area contributed by atoms with E-state index in [1.54, 1.807) is 19.1 Å². The highest BCUT2D eigenvalue weighted by atomic mass is 35.5. The second-order valence-corrected chi connectivity index (χ2v) is 5.68. The maximum Gasteiger partial charge on any atom is 0.171 e. The molecule has 2 aromatic rings. The van der Waals surface area contributed by atoms with Gasteiger partial charge >= 0.3 is 0 Å². The Morgan fingerprint density at radius 2 is 1.95 bits per heavy atom. The number of anilines is 1. The molecule has 0 aromatic heterocycles. The number of nitrogens with one attached hydrogen (secondary N) is 2. The zero-order chi connectivity index (χ0) is 16.1. The van der Waals surface area contributed by atoms with Crippen molar-refractivity contribution < 1.29 is 10.2 Å². The van der Waals surface area contributed by atoms with Crippen LogP contribution in [0.4, 0.5) is 5.69 Å². The molecule has 0 saturated heterocycles. The Balaban J connectivity index is 2.02. The van der Waals surface area contributed by atoms with Crippen LogP contribution in [0.2, 0.25) is 5.02 Å². The van der Waals surface area contributed by atoms with Gasteiger partial charge in [0.2, 0.25) is 0 Å². The maximum atomic E-state index is 9.81. The normalized spacial score (nSPS) is 11.8. The van der Waals surface area contributed by atoms with Crippen LogP contribution in [-0.4, -0.2) is 15.3 Å². The number of phenols is 1. The van der Waals surface area contributed by atoms with Crippen molar-refractivity contribution in [2.24, 2.45) is 0 Å². The van der Waals surface area contributed by atoms with Crippen LogP contribution >= 0.6 is 23.8 Å². The summed E-state index contributed by atoms with van der Waals surface area (Å²) >= 11 is 11.2. The fourth-order valence-corrected chi connectivity index (χ4v) is 2.38. The van der Waals surface area contributed by atoms with E-state index in [1.807, 2.05) is 30.3 Å². The predicted octanol–water partition coefficient (Wildman–Crippen LogP) is 3.59. The van der Waals surface area contributed by atoms with Gasteiger partial charge in [0.15, 0.2) is 5.11 Å². The summed E-state index contributed by atoms with van der Waals surface area (Å²) in [7, 11) is 0. The molecule has 6 heteroatoms. The van der Waals surface area contributed by atoms with E-state index in [9.17, 15) is 10.2 Å². The third-order valence-corrected chi connectivity index (χ3v) is 3.63. The van der Waals surface area contributed by atoms with Crippen molar-refractivity contribution in [2.75, 3.05) is 5.32 Å². The van der Waals surface area contributed by atoms with Gasteiger partial charge in [0.25, 0.3) is 0 Å². The zero-order valence-electron chi connectivity index (χ0n) is 12.0. The van der Waals surface area contributed by atoms with Gasteiger partial charge in [-0.25, -0.2) is 0 Å². The number of aliphatic hydroxyl groups is 1. The summed E-state index contributed by atoms with van der Waals surface area (Å²) in [4.78, 5) is 0. The van der Waals surface area contributed by atoms with E-state index in [-0.39, 0.29) is 10.8 Å². The van der Waals surface area contributed by atoms with Crippen LogP contribution in [0.5, 0.6) is 5.75 Å². The molecule has 0 bridgehead atoms. The summed E-state index contributed by atoms with van der Waals surface area (Å²) in [5.74, 6) is -0.120. The molecule has 0 aliphatic heterocycles. The lowest BCUT2D eigenvalue weighted by molar-refractivity contribution is 0.195. The second-order valence-electron chi connectivity index (χ2n) is 4.87. The van der Waals surface area contributed by atoms with Crippen molar-refractivity contribution in [1.29, 1.82) is 0 Å². The van der Waals surface area contributed by atoms with Crippen LogP contribution in [-0.2, 0) is 6.54 Å². The van der Waals surface area contributed by atoms with E-state index in [0.29, 0.717) is 22.9 Å². The number of halogens is 1. The van der Waals surface area contributed by atoms with Gasteiger partial charge in [0.1, 0.15) is 5.75 Å². The smallest absolute Gasteiger partial charge is 0.171 e. The fraction of sp³-hybridized carbons (Fsp3) is 0.188. The third-order valence-electron chi connectivity index (χ3n) is 3.10. The Labute approximate surface area is 139 Å². The minimum atomic E-state index is -0.829. The van der Waals surface area contributed by atoms with E-state index in [0.717, 1.165) is 5.56 Å². The molecule has 1 atom stereocenters. The molecule has 0 saturated carbocycles. The van der Waals surface area contributed by atoms with Crippen molar-refractivity contribution in [3.8, 4) is 5.75 Å². The van der Waals surface area contributed by atoms with Gasteiger partial charge in [-0.3, -0.25) is 0 Å². The van der Waals surface area contributed by atoms with E-state index in [4.69, 9.17) is 23.8 Å². The van der Waals surface area contributed by atoms with E-state index >= 15 is 0 Å². The third kappa shape index (κ3) is 4.34. The average Bonchev–Trinajstić information content (AvgIpc) is 2.49. The first-order valence-corrected chi connectivity index (χ1v) is 7.55. The maximum absolute atomic E-state index is 9.81. The van der Waals surface area contributed by atoms with Crippen molar-refractivity contribution in [3.05, 3.63) is 58.6 Å². The van der Waals surface area contributed by atoms with E-state index < -0.39 is 6.10 Å². The summed E-state index contributed by atoms with van der Waals surface area (Å²) in [6.07, 6.45) is -0.829. The highest BCUT2D eigenvalue weighted by molar-refractivity contribution is 7.80. The largest absolute Gasteiger partial charge is 0.506 e. The molecule has 4 N–H and O–H groups in total. The average molecular weight is 337 g/mol. The number of phenolic OH excluding ortho intramolecular Hbond substituents is 1. The number of hydrogen-bond donors (Lipinski definition) is 4. The lowest BCUT2D eigenvalue weighted by Gasteiger charge is -2.14. The summed E-state index contributed by atoms with van der Waals surface area (Å²) in [6.45, 7) is 2.16. The van der Waals surface area contributed by atoms with Gasteiger partial charge in [-0.05, 0) is 36.8 Å². The number of benzene rings is 2. The van der Waals surface area contributed by atoms with Crippen molar-refractivity contribution >= 4 is 34.6 Å². The number of rotatable bonds is 4.